The fraction of sp³-hybridized carbons (Fsp3) is 0.455. The van der Waals surface area contributed by atoms with Gasteiger partial charge in [-0.3, -0.25) is 4.79 Å². The topological polar surface area (TPSA) is 106 Å². The van der Waals surface area contributed by atoms with Crippen LogP contribution in [0.5, 0.6) is 5.88 Å². The molecule has 0 unspecified atom stereocenters. The number of carboxylic acids is 1. The zero-order valence-corrected chi connectivity index (χ0v) is 11.3. The molecule has 0 saturated heterocycles. The summed E-state index contributed by atoms with van der Waals surface area (Å²) in [6.45, 7) is 2.32. The Balaban J connectivity index is 2.59. The van der Waals surface area contributed by atoms with Crippen molar-refractivity contribution in [3.8, 4) is 5.88 Å². The van der Waals surface area contributed by atoms with E-state index >= 15 is 0 Å². The third kappa shape index (κ3) is 5.23. The fourth-order valence-corrected chi connectivity index (χ4v) is 2.31. The predicted octanol–water partition coefficient (Wildman–Crippen LogP) is 0.623. The molecule has 0 aliphatic carbocycles. The third-order valence-corrected chi connectivity index (χ3v) is 3.62. The summed E-state index contributed by atoms with van der Waals surface area (Å²) >= 11 is 0. The van der Waals surface area contributed by atoms with Crippen molar-refractivity contribution in [1.29, 1.82) is 0 Å². The van der Waals surface area contributed by atoms with Gasteiger partial charge in [0.25, 0.3) is 0 Å². The highest BCUT2D eigenvalue weighted by Crippen LogP contribution is 2.12. The molecule has 0 amide bonds. The molecule has 1 heterocycles. The van der Waals surface area contributed by atoms with Crippen molar-refractivity contribution in [3.63, 3.8) is 0 Å². The molecular weight excluding hydrogens is 272 g/mol. The number of nitrogens with zero attached hydrogens (tertiary/aromatic N) is 1. The zero-order chi connectivity index (χ0) is 14.3. The van der Waals surface area contributed by atoms with E-state index in [2.05, 4.69) is 9.71 Å². The molecule has 19 heavy (non-hydrogen) atoms. The first-order valence-electron chi connectivity index (χ1n) is 5.76. The lowest BCUT2D eigenvalue weighted by molar-refractivity contribution is -0.137. The summed E-state index contributed by atoms with van der Waals surface area (Å²) in [5, 5.41) is 8.44. The van der Waals surface area contributed by atoms with Crippen molar-refractivity contribution < 1.29 is 23.1 Å². The van der Waals surface area contributed by atoms with Crippen LogP contribution < -0.4 is 9.46 Å². The molecule has 106 valence electrons. The van der Waals surface area contributed by atoms with E-state index in [0.717, 1.165) is 0 Å². The number of aliphatic carboxylic acids is 1. The lowest BCUT2D eigenvalue weighted by atomic mass is 10.3. The second-order valence-electron chi connectivity index (χ2n) is 3.66. The Hall–Kier alpha value is -1.67. The summed E-state index contributed by atoms with van der Waals surface area (Å²) in [6, 6.07) is 2.85. The first-order chi connectivity index (χ1) is 8.95. The first kappa shape index (κ1) is 15.4. The Morgan fingerprint density at radius 2 is 2.21 bits per heavy atom. The number of rotatable bonds is 8. The minimum absolute atomic E-state index is 0.0197. The Morgan fingerprint density at radius 3 is 2.74 bits per heavy atom. The van der Waals surface area contributed by atoms with Gasteiger partial charge in [-0.1, -0.05) is 0 Å². The molecule has 0 aliphatic rings. The van der Waals surface area contributed by atoms with Gasteiger partial charge >= 0.3 is 5.97 Å². The Bertz CT molecular complexity index is 512. The maximum atomic E-state index is 11.8. The minimum Gasteiger partial charge on any atom is -0.481 e. The quantitative estimate of drug-likeness (QED) is 0.679. The van der Waals surface area contributed by atoms with Gasteiger partial charge in [-0.2, -0.15) is 0 Å². The van der Waals surface area contributed by atoms with E-state index in [0.29, 0.717) is 12.5 Å². The van der Waals surface area contributed by atoms with Crippen molar-refractivity contribution in [1.82, 2.24) is 9.71 Å². The van der Waals surface area contributed by atoms with Crippen LogP contribution in [0.1, 0.15) is 19.8 Å². The van der Waals surface area contributed by atoms with Crippen LogP contribution in [-0.2, 0) is 14.8 Å². The van der Waals surface area contributed by atoms with E-state index in [1.165, 1.54) is 18.3 Å². The Kier molecular flexibility index (Phi) is 5.71. The zero-order valence-electron chi connectivity index (χ0n) is 10.5. The summed E-state index contributed by atoms with van der Waals surface area (Å²) in [5.74, 6) is -0.603. The second kappa shape index (κ2) is 7.05. The van der Waals surface area contributed by atoms with Crippen LogP contribution >= 0.6 is 0 Å². The maximum absolute atomic E-state index is 11.8. The molecule has 1 aromatic heterocycles. The summed E-state index contributed by atoms with van der Waals surface area (Å²) in [7, 11) is -3.65. The number of sulfonamides is 1. The molecule has 0 saturated carbocycles. The number of carbonyl (C=O) groups is 1. The van der Waals surface area contributed by atoms with Gasteiger partial charge in [0.2, 0.25) is 15.9 Å². The van der Waals surface area contributed by atoms with Crippen molar-refractivity contribution in [2.75, 3.05) is 13.2 Å². The smallest absolute Gasteiger partial charge is 0.303 e. The van der Waals surface area contributed by atoms with Crippen molar-refractivity contribution in [3.05, 3.63) is 18.3 Å². The van der Waals surface area contributed by atoms with Gasteiger partial charge in [0.1, 0.15) is 4.90 Å². The SMILES string of the molecule is CCOc1ccc(S(=O)(=O)NCCCC(=O)O)cn1. The molecule has 2 N–H and O–H groups in total. The average Bonchev–Trinajstić information content (AvgIpc) is 2.36. The van der Waals surface area contributed by atoms with E-state index in [1.807, 2.05) is 0 Å². The monoisotopic (exact) mass is 288 g/mol. The number of ether oxygens (including phenoxy) is 1. The molecule has 7 nitrogen and oxygen atoms in total. The van der Waals surface area contributed by atoms with Crippen LogP contribution in [0.15, 0.2) is 23.2 Å². The second-order valence-corrected chi connectivity index (χ2v) is 5.43. The molecular formula is C11H16N2O5S. The van der Waals surface area contributed by atoms with Gasteiger partial charge in [0, 0.05) is 19.0 Å². The highest BCUT2D eigenvalue weighted by Gasteiger charge is 2.14. The summed E-state index contributed by atoms with van der Waals surface area (Å²) in [4.78, 5) is 14.2. The summed E-state index contributed by atoms with van der Waals surface area (Å²) < 4.78 is 31.0. The number of nitrogens with one attached hydrogen (secondary N) is 1. The molecule has 0 aromatic carbocycles. The van der Waals surface area contributed by atoms with E-state index in [4.69, 9.17) is 9.84 Å². The normalized spacial score (nSPS) is 11.2. The van der Waals surface area contributed by atoms with Gasteiger partial charge < -0.3 is 9.84 Å². The van der Waals surface area contributed by atoms with Crippen LogP contribution in [0, 0.1) is 0 Å². The predicted molar refractivity (Wildman–Crippen MR) is 67.5 cm³/mol. The summed E-state index contributed by atoms with van der Waals surface area (Å²) in [6.07, 6.45) is 1.35. The van der Waals surface area contributed by atoms with E-state index in [9.17, 15) is 13.2 Å². The van der Waals surface area contributed by atoms with Crippen LogP contribution in [0.25, 0.3) is 0 Å². The first-order valence-corrected chi connectivity index (χ1v) is 7.24. The van der Waals surface area contributed by atoms with Gasteiger partial charge in [-0.05, 0) is 19.4 Å². The van der Waals surface area contributed by atoms with Crippen LogP contribution in [0.2, 0.25) is 0 Å². The van der Waals surface area contributed by atoms with Crippen molar-refractivity contribution in [2.45, 2.75) is 24.7 Å². The number of hydrogen-bond acceptors (Lipinski definition) is 5. The van der Waals surface area contributed by atoms with E-state index < -0.39 is 16.0 Å². The van der Waals surface area contributed by atoms with Crippen LogP contribution in [-0.4, -0.2) is 37.6 Å². The molecule has 0 radical (unpaired) electrons. The van der Waals surface area contributed by atoms with E-state index in [-0.39, 0.29) is 24.3 Å². The molecule has 1 rings (SSSR count). The fourth-order valence-electron chi connectivity index (χ4n) is 1.29. The number of aromatic nitrogens is 1. The lowest BCUT2D eigenvalue weighted by Gasteiger charge is -2.06. The van der Waals surface area contributed by atoms with E-state index in [1.54, 1.807) is 6.92 Å². The number of pyridine rings is 1. The molecule has 0 fully saturated rings. The van der Waals surface area contributed by atoms with Crippen LogP contribution in [0.3, 0.4) is 0 Å². The van der Waals surface area contributed by atoms with Gasteiger partial charge in [0.15, 0.2) is 0 Å². The molecule has 8 heteroatoms. The van der Waals surface area contributed by atoms with Gasteiger partial charge in [0.05, 0.1) is 12.8 Å². The van der Waals surface area contributed by atoms with Crippen LogP contribution in [0.4, 0.5) is 0 Å². The molecule has 1 aromatic rings. The third-order valence-electron chi connectivity index (χ3n) is 2.17. The summed E-state index contributed by atoms with van der Waals surface area (Å²) in [5.41, 5.74) is 0. The van der Waals surface area contributed by atoms with Gasteiger partial charge in [-0.15, -0.1) is 0 Å². The van der Waals surface area contributed by atoms with Crippen molar-refractivity contribution >= 4 is 16.0 Å². The standard InChI is InChI=1S/C11H16N2O5S/c1-2-18-10-6-5-9(8-12-10)19(16,17)13-7-3-4-11(14)15/h5-6,8,13H,2-4,7H2,1H3,(H,14,15). The number of hydrogen-bond donors (Lipinski definition) is 2. The molecule has 0 aliphatic heterocycles. The largest absolute Gasteiger partial charge is 0.481 e. The van der Waals surface area contributed by atoms with Gasteiger partial charge in [-0.25, -0.2) is 18.1 Å². The Morgan fingerprint density at radius 1 is 1.47 bits per heavy atom. The Labute approximate surface area is 111 Å². The minimum atomic E-state index is -3.65. The maximum Gasteiger partial charge on any atom is 0.303 e. The lowest BCUT2D eigenvalue weighted by Crippen LogP contribution is -2.25. The number of carboxylic acid groups (broad SMARTS) is 1. The van der Waals surface area contributed by atoms with Crippen molar-refractivity contribution in [2.24, 2.45) is 0 Å². The molecule has 0 spiro atoms. The average molecular weight is 288 g/mol. The highest BCUT2D eigenvalue weighted by molar-refractivity contribution is 7.89. The molecule has 0 atom stereocenters. The molecule has 0 bridgehead atoms. The highest BCUT2D eigenvalue weighted by atomic mass is 32.2.